The van der Waals surface area contributed by atoms with Crippen molar-refractivity contribution in [2.24, 2.45) is 0 Å². The minimum absolute atomic E-state index is 0.323. The third kappa shape index (κ3) is 4.89. The smallest absolute Gasteiger partial charge is 0.384 e. The van der Waals surface area contributed by atoms with Gasteiger partial charge in [-0.25, -0.2) is 0 Å². The van der Waals surface area contributed by atoms with Crippen LogP contribution in [0.25, 0.3) is 5.69 Å². The van der Waals surface area contributed by atoms with Crippen LogP contribution in [0.5, 0.6) is 0 Å². The van der Waals surface area contributed by atoms with Gasteiger partial charge in [0.1, 0.15) is 0 Å². The first-order valence-electron chi connectivity index (χ1n) is 8.30. The summed E-state index contributed by atoms with van der Waals surface area (Å²) in [6.45, 7) is 1.18. The lowest BCUT2D eigenvalue weighted by atomic mass is 10.2. The summed E-state index contributed by atoms with van der Waals surface area (Å²) in [6.07, 6.45) is -3.84. The van der Waals surface area contributed by atoms with Crippen molar-refractivity contribution >= 4 is 0 Å². The van der Waals surface area contributed by atoms with Gasteiger partial charge in [-0.2, -0.15) is 22.8 Å². The summed E-state index contributed by atoms with van der Waals surface area (Å²) in [5.74, 6) is 1.45. The molecule has 0 spiro atoms. The molecular weight excluding hydrogens is 379 g/mol. The number of aromatic nitrogens is 6. The Morgan fingerprint density at radius 1 is 1.18 bits per heavy atom. The number of rotatable bonds is 8. The van der Waals surface area contributed by atoms with Gasteiger partial charge >= 0.3 is 6.18 Å². The van der Waals surface area contributed by atoms with Gasteiger partial charge in [-0.1, -0.05) is 5.16 Å². The predicted molar refractivity (Wildman–Crippen MR) is 89.2 cm³/mol. The first-order chi connectivity index (χ1) is 13.4. The fourth-order valence-electron chi connectivity index (χ4n) is 2.47. The van der Waals surface area contributed by atoms with Gasteiger partial charge in [0, 0.05) is 13.5 Å². The largest absolute Gasteiger partial charge is 0.416 e. The lowest BCUT2D eigenvalue weighted by molar-refractivity contribution is -0.137. The predicted octanol–water partition coefficient (Wildman–Crippen LogP) is 1.89. The molecule has 0 unspecified atom stereocenters. The molecule has 0 saturated carbocycles. The number of hydrogen-bond acceptors (Lipinski definition) is 8. The van der Waals surface area contributed by atoms with E-state index in [1.165, 1.54) is 16.8 Å². The SMILES string of the molecule is COCCc1noc(CN(C)Cc2nnnn2-c2ccc(C(F)(F)F)cc2)n1. The number of ether oxygens (including phenoxy) is 1. The van der Waals surface area contributed by atoms with Crippen LogP contribution in [-0.2, 0) is 30.4 Å². The number of tetrazole rings is 1. The van der Waals surface area contributed by atoms with E-state index in [0.717, 1.165) is 12.1 Å². The molecule has 0 aliphatic heterocycles. The topological polar surface area (TPSA) is 95.0 Å². The maximum absolute atomic E-state index is 12.7. The molecule has 0 atom stereocenters. The molecule has 0 aliphatic rings. The fourth-order valence-corrected chi connectivity index (χ4v) is 2.47. The molecule has 0 bridgehead atoms. The molecule has 9 nitrogen and oxygen atoms in total. The maximum Gasteiger partial charge on any atom is 0.416 e. The zero-order chi connectivity index (χ0) is 20.1. The monoisotopic (exact) mass is 397 g/mol. The normalized spacial score (nSPS) is 12.1. The Kier molecular flexibility index (Phi) is 5.99. The maximum atomic E-state index is 12.7. The summed E-state index contributed by atoms with van der Waals surface area (Å²) in [4.78, 5) is 6.11. The van der Waals surface area contributed by atoms with Crippen LogP contribution in [0.15, 0.2) is 28.8 Å². The molecule has 2 heterocycles. The van der Waals surface area contributed by atoms with E-state index in [9.17, 15) is 13.2 Å². The van der Waals surface area contributed by atoms with E-state index in [0.29, 0.717) is 49.3 Å². The summed E-state index contributed by atoms with van der Waals surface area (Å²) in [5, 5.41) is 15.3. The lowest BCUT2D eigenvalue weighted by Gasteiger charge is -2.14. The Morgan fingerprint density at radius 3 is 2.61 bits per heavy atom. The van der Waals surface area contributed by atoms with Crippen molar-refractivity contribution in [3.8, 4) is 5.69 Å². The third-order valence-electron chi connectivity index (χ3n) is 3.83. The Hall–Kier alpha value is -2.86. The summed E-state index contributed by atoms with van der Waals surface area (Å²) in [7, 11) is 3.40. The molecule has 0 radical (unpaired) electrons. The molecule has 12 heteroatoms. The number of hydrogen-bond donors (Lipinski definition) is 0. The van der Waals surface area contributed by atoms with Crippen molar-refractivity contribution in [1.82, 2.24) is 35.2 Å². The minimum atomic E-state index is -4.39. The number of alkyl halides is 3. The average Bonchev–Trinajstić information content (AvgIpc) is 3.28. The van der Waals surface area contributed by atoms with E-state index >= 15 is 0 Å². The summed E-state index contributed by atoms with van der Waals surface area (Å²) < 4.78 is 49.7. The van der Waals surface area contributed by atoms with Crippen molar-refractivity contribution in [2.45, 2.75) is 25.7 Å². The highest BCUT2D eigenvalue weighted by Crippen LogP contribution is 2.29. The molecule has 0 fully saturated rings. The summed E-state index contributed by atoms with van der Waals surface area (Å²) in [5.41, 5.74) is -0.301. The van der Waals surface area contributed by atoms with E-state index in [1.807, 2.05) is 11.9 Å². The molecule has 0 saturated heterocycles. The fraction of sp³-hybridized carbons (Fsp3) is 0.438. The van der Waals surface area contributed by atoms with Crippen molar-refractivity contribution in [1.29, 1.82) is 0 Å². The van der Waals surface area contributed by atoms with Crippen molar-refractivity contribution in [3.63, 3.8) is 0 Å². The number of halogens is 3. The second-order valence-corrected chi connectivity index (χ2v) is 6.07. The van der Waals surface area contributed by atoms with Crippen LogP contribution in [0, 0.1) is 0 Å². The molecule has 0 amide bonds. The Bertz CT molecular complexity index is 892. The molecule has 3 aromatic rings. The summed E-state index contributed by atoms with van der Waals surface area (Å²) >= 11 is 0. The van der Waals surface area contributed by atoms with Gasteiger partial charge in [-0.05, 0) is 41.7 Å². The molecule has 3 rings (SSSR count). The lowest BCUT2D eigenvalue weighted by Crippen LogP contribution is -2.20. The minimum Gasteiger partial charge on any atom is -0.384 e. The van der Waals surface area contributed by atoms with E-state index in [4.69, 9.17) is 9.26 Å². The van der Waals surface area contributed by atoms with Crippen LogP contribution in [0.2, 0.25) is 0 Å². The Balaban J connectivity index is 1.66. The van der Waals surface area contributed by atoms with Gasteiger partial charge in [-0.15, -0.1) is 5.10 Å². The second-order valence-electron chi connectivity index (χ2n) is 6.07. The van der Waals surface area contributed by atoms with Crippen molar-refractivity contribution in [3.05, 3.63) is 47.4 Å². The van der Waals surface area contributed by atoms with Crippen LogP contribution >= 0.6 is 0 Å². The molecular formula is C16H18F3N7O2. The second kappa shape index (κ2) is 8.44. The highest BCUT2D eigenvalue weighted by Gasteiger charge is 2.30. The number of nitrogens with zero attached hydrogens (tertiary/aromatic N) is 7. The van der Waals surface area contributed by atoms with Crippen molar-refractivity contribution in [2.75, 3.05) is 20.8 Å². The average molecular weight is 397 g/mol. The van der Waals surface area contributed by atoms with Crippen LogP contribution in [0.4, 0.5) is 13.2 Å². The Morgan fingerprint density at radius 2 is 1.93 bits per heavy atom. The van der Waals surface area contributed by atoms with Gasteiger partial charge < -0.3 is 9.26 Å². The zero-order valence-electron chi connectivity index (χ0n) is 15.2. The molecule has 1 aromatic carbocycles. The van der Waals surface area contributed by atoms with Crippen LogP contribution in [-0.4, -0.2) is 56.0 Å². The van der Waals surface area contributed by atoms with Gasteiger partial charge in [-0.3, -0.25) is 4.90 Å². The van der Waals surface area contributed by atoms with E-state index < -0.39 is 11.7 Å². The van der Waals surface area contributed by atoms with E-state index in [1.54, 1.807) is 7.11 Å². The molecule has 2 aromatic heterocycles. The van der Waals surface area contributed by atoms with Crippen LogP contribution in [0.3, 0.4) is 0 Å². The van der Waals surface area contributed by atoms with Gasteiger partial charge in [0.25, 0.3) is 0 Å². The number of benzene rings is 1. The Labute approximate surface area is 158 Å². The number of methoxy groups -OCH3 is 1. The quantitative estimate of drug-likeness (QED) is 0.569. The van der Waals surface area contributed by atoms with Gasteiger partial charge in [0.05, 0.1) is 30.9 Å². The van der Waals surface area contributed by atoms with Crippen LogP contribution < -0.4 is 0 Å². The third-order valence-corrected chi connectivity index (χ3v) is 3.83. The standard InChI is InChI=1S/C16H18F3N7O2/c1-25(10-15-20-13(22-28-15)7-8-27-2)9-14-21-23-24-26(14)12-5-3-11(4-6-12)16(17,18)19/h3-6H,7-10H2,1-2H3. The van der Waals surface area contributed by atoms with Crippen molar-refractivity contribution < 1.29 is 22.4 Å². The molecule has 28 heavy (non-hydrogen) atoms. The first kappa shape index (κ1) is 19.9. The van der Waals surface area contributed by atoms with Crippen LogP contribution in [0.1, 0.15) is 23.1 Å². The molecule has 0 N–H and O–H groups in total. The van der Waals surface area contributed by atoms with E-state index in [2.05, 4.69) is 25.7 Å². The van der Waals surface area contributed by atoms with Gasteiger partial charge in [0.15, 0.2) is 11.6 Å². The summed E-state index contributed by atoms with van der Waals surface area (Å²) in [6, 6.07) is 4.63. The van der Waals surface area contributed by atoms with Gasteiger partial charge in [0.2, 0.25) is 5.89 Å². The first-order valence-corrected chi connectivity index (χ1v) is 8.30. The zero-order valence-corrected chi connectivity index (χ0v) is 15.2. The molecule has 150 valence electrons. The highest BCUT2D eigenvalue weighted by atomic mass is 19.4. The molecule has 0 aliphatic carbocycles. The van der Waals surface area contributed by atoms with E-state index in [-0.39, 0.29) is 0 Å². The highest BCUT2D eigenvalue weighted by molar-refractivity contribution is 5.35.